The number of hydrogen-bond acceptors (Lipinski definition) is 5. The van der Waals surface area contributed by atoms with Crippen LogP contribution in [-0.2, 0) is 6.54 Å². The van der Waals surface area contributed by atoms with E-state index in [1.807, 2.05) is 0 Å². The molecule has 1 amide bonds. The second-order valence-electron chi connectivity index (χ2n) is 7.30. The molecule has 1 atom stereocenters. The van der Waals surface area contributed by atoms with Crippen molar-refractivity contribution in [1.29, 1.82) is 0 Å². The van der Waals surface area contributed by atoms with Gasteiger partial charge < -0.3 is 14.7 Å². The number of carbonyl (C=O) groups is 1. The van der Waals surface area contributed by atoms with Gasteiger partial charge in [0, 0.05) is 24.2 Å². The Labute approximate surface area is 144 Å². The number of rotatable bonds is 7. The van der Waals surface area contributed by atoms with Gasteiger partial charge in [-0.05, 0) is 38.2 Å². The second-order valence-corrected chi connectivity index (χ2v) is 7.30. The number of ether oxygens (including phenoxy) is 1. The van der Waals surface area contributed by atoms with Crippen molar-refractivity contribution in [2.45, 2.75) is 45.0 Å². The zero-order chi connectivity index (χ0) is 18.4. The summed E-state index contributed by atoms with van der Waals surface area (Å²) in [5, 5.41) is 21.0. The number of aliphatic hydroxyl groups is 1. The molecule has 25 heavy (non-hydrogen) atoms. The Morgan fingerprint density at radius 1 is 1.48 bits per heavy atom. The van der Waals surface area contributed by atoms with E-state index in [0.717, 1.165) is 12.8 Å². The lowest BCUT2D eigenvalue weighted by atomic mass is 10.0. The highest BCUT2D eigenvalue weighted by atomic mass is 19.1. The number of fused-ring (bicyclic) bond motifs is 1. The molecule has 1 aliphatic carbocycles. The van der Waals surface area contributed by atoms with Crippen LogP contribution in [0.5, 0.6) is 5.75 Å². The van der Waals surface area contributed by atoms with Gasteiger partial charge in [-0.15, -0.1) is 0 Å². The van der Waals surface area contributed by atoms with E-state index < -0.39 is 22.6 Å². The molecule has 7 nitrogen and oxygen atoms in total. The summed E-state index contributed by atoms with van der Waals surface area (Å²) in [4.78, 5) is 24.5. The summed E-state index contributed by atoms with van der Waals surface area (Å²) in [6.45, 7) is 2.86. The fourth-order valence-electron chi connectivity index (χ4n) is 2.70. The van der Waals surface area contributed by atoms with E-state index >= 15 is 0 Å². The number of carbonyl (C=O) groups excluding carboxylic acids is 1. The first-order valence-electron chi connectivity index (χ1n) is 8.26. The van der Waals surface area contributed by atoms with Crippen LogP contribution in [0.15, 0.2) is 12.1 Å². The molecule has 136 valence electrons. The summed E-state index contributed by atoms with van der Waals surface area (Å²) in [5.41, 5.74) is -0.995. The molecule has 0 unspecified atom stereocenters. The first-order valence-corrected chi connectivity index (χ1v) is 8.26. The lowest BCUT2D eigenvalue weighted by Gasteiger charge is -2.26. The molecular formula is C17H21FN2O5. The number of halogens is 1. The third-order valence-corrected chi connectivity index (χ3v) is 4.58. The van der Waals surface area contributed by atoms with Crippen molar-refractivity contribution < 1.29 is 24.0 Å². The topological polar surface area (TPSA) is 92.9 Å². The lowest BCUT2D eigenvalue weighted by molar-refractivity contribution is -0.385. The van der Waals surface area contributed by atoms with Gasteiger partial charge in [0.1, 0.15) is 6.17 Å². The quantitative estimate of drug-likeness (QED) is 0.601. The predicted octanol–water partition coefficient (Wildman–Crippen LogP) is 2.45. The van der Waals surface area contributed by atoms with E-state index in [-0.39, 0.29) is 24.5 Å². The Kier molecular flexibility index (Phi) is 4.40. The van der Waals surface area contributed by atoms with Gasteiger partial charge in [-0.3, -0.25) is 14.9 Å². The van der Waals surface area contributed by atoms with E-state index in [4.69, 9.17) is 4.74 Å². The van der Waals surface area contributed by atoms with E-state index in [1.54, 1.807) is 0 Å². The number of nitro groups is 1. The average Bonchev–Trinajstić information content (AvgIpc) is 3.30. The highest BCUT2D eigenvalue weighted by Gasteiger charge is 2.36. The van der Waals surface area contributed by atoms with Crippen LogP contribution >= 0.6 is 0 Å². The summed E-state index contributed by atoms with van der Waals surface area (Å²) in [5.74, 6) is 0.0809. The Bertz CT molecular complexity index is 712. The summed E-state index contributed by atoms with van der Waals surface area (Å²) in [6.07, 6.45) is 0.465. The standard InChI is InChI=1S/C17H21FN2O5/c1-17(2,22)15(18)8-19-7-11-5-13(20(23)24)14(6-12(11)16(19)21)25-9-10-3-4-10/h5-6,10,15,22H,3-4,7-9H2,1-2H3/t15-/m1/s1. The lowest BCUT2D eigenvalue weighted by Crippen LogP contribution is -2.42. The fraction of sp³-hybridized carbons (Fsp3) is 0.588. The van der Waals surface area contributed by atoms with Crippen LogP contribution < -0.4 is 4.74 Å². The van der Waals surface area contributed by atoms with E-state index in [0.29, 0.717) is 23.7 Å². The van der Waals surface area contributed by atoms with Gasteiger partial charge in [0.05, 0.1) is 23.7 Å². The van der Waals surface area contributed by atoms with Crippen molar-refractivity contribution in [3.05, 3.63) is 33.4 Å². The Morgan fingerprint density at radius 2 is 2.16 bits per heavy atom. The molecule has 3 rings (SSSR count). The Morgan fingerprint density at radius 3 is 2.72 bits per heavy atom. The van der Waals surface area contributed by atoms with Crippen molar-refractivity contribution in [3.8, 4) is 5.75 Å². The van der Waals surface area contributed by atoms with E-state index in [9.17, 15) is 24.4 Å². The second kappa shape index (κ2) is 6.25. The van der Waals surface area contributed by atoms with E-state index in [2.05, 4.69) is 0 Å². The SMILES string of the molecule is CC(C)(O)[C@H](F)CN1Cc2cc([N+](=O)[O-])c(OCC3CC3)cc2C1=O. The van der Waals surface area contributed by atoms with Crippen molar-refractivity contribution in [2.75, 3.05) is 13.2 Å². The van der Waals surface area contributed by atoms with Crippen LogP contribution in [-0.4, -0.2) is 45.8 Å². The molecule has 1 fully saturated rings. The third kappa shape index (κ3) is 3.73. The zero-order valence-electron chi connectivity index (χ0n) is 14.2. The van der Waals surface area contributed by atoms with Crippen LogP contribution in [0, 0.1) is 16.0 Å². The van der Waals surface area contributed by atoms with Gasteiger partial charge in [-0.1, -0.05) is 0 Å². The molecule has 0 saturated heterocycles. The average molecular weight is 352 g/mol. The highest BCUT2D eigenvalue weighted by Crippen LogP contribution is 2.37. The molecule has 1 aromatic rings. The summed E-state index contributed by atoms with van der Waals surface area (Å²) >= 11 is 0. The smallest absolute Gasteiger partial charge is 0.311 e. The number of nitrogens with zero attached hydrogens (tertiary/aromatic N) is 2. The van der Waals surface area contributed by atoms with Crippen LogP contribution in [0.4, 0.5) is 10.1 Å². The van der Waals surface area contributed by atoms with Crippen LogP contribution in [0.25, 0.3) is 0 Å². The molecule has 1 saturated carbocycles. The molecule has 0 spiro atoms. The van der Waals surface area contributed by atoms with Gasteiger partial charge in [0.2, 0.25) is 0 Å². The minimum absolute atomic E-state index is 0.0742. The van der Waals surface area contributed by atoms with Crippen LogP contribution in [0.3, 0.4) is 0 Å². The molecule has 1 heterocycles. The first kappa shape index (κ1) is 17.6. The highest BCUT2D eigenvalue weighted by molar-refractivity contribution is 5.99. The predicted molar refractivity (Wildman–Crippen MR) is 87.2 cm³/mol. The fourth-order valence-corrected chi connectivity index (χ4v) is 2.70. The number of amides is 1. The Balaban J connectivity index is 1.82. The van der Waals surface area contributed by atoms with Crippen molar-refractivity contribution in [3.63, 3.8) is 0 Å². The molecule has 0 radical (unpaired) electrons. The van der Waals surface area contributed by atoms with Crippen molar-refractivity contribution in [1.82, 2.24) is 4.90 Å². The first-order chi connectivity index (χ1) is 11.7. The molecule has 2 aliphatic rings. The molecule has 1 N–H and O–H groups in total. The summed E-state index contributed by atoms with van der Waals surface area (Å²) < 4.78 is 19.6. The maximum atomic E-state index is 14.1. The Hall–Kier alpha value is -2.22. The third-order valence-electron chi connectivity index (χ3n) is 4.58. The van der Waals surface area contributed by atoms with Gasteiger partial charge in [-0.2, -0.15) is 0 Å². The maximum Gasteiger partial charge on any atom is 0.311 e. The number of benzene rings is 1. The number of alkyl halides is 1. The number of hydrogen-bond donors (Lipinski definition) is 1. The molecule has 1 aromatic carbocycles. The largest absolute Gasteiger partial charge is 0.487 e. The zero-order valence-corrected chi connectivity index (χ0v) is 14.2. The molecule has 8 heteroatoms. The van der Waals surface area contributed by atoms with E-state index in [1.165, 1.54) is 30.9 Å². The molecule has 0 bridgehead atoms. The van der Waals surface area contributed by atoms with Gasteiger partial charge in [-0.25, -0.2) is 4.39 Å². The minimum Gasteiger partial charge on any atom is -0.487 e. The number of nitro benzene ring substituents is 1. The van der Waals surface area contributed by atoms with Crippen LogP contribution in [0.1, 0.15) is 42.6 Å². The molecule has 1 aliphatic heterocycles. The van der Waals surface area contributed by atoms with Gasteiger partial charge in [0.15, 0.2) is 5.75 Å². The maximum absolute atomic E-state index is 14.1. The van der Waals surface area contributed by atoms with Gasteiger partial charge in [0.25, 0.3) is 5.91 Å². The van der Waals surface area contributed by atoms with Crippen molar-refractivity contribution >= 4 is 11.6 Å². The van der Waals surface area contributed by atoms with Crippen LogP contribution in [0.2, 0.25) is 0 Å². The summed E-state index contributed by atoms with van der Waals surface area (Å²) in [6, 6.07) is 2.71. The summed E-state index contributed by atoms with van der Waals surface area (Å²) in [7, 11) is 0. The molecular weight excluding hydrogens is 331 g/mol. The monoisotopic (exact) mass is 352 g/mol. The molecule has 0 aromatic heterocycles. The normalized spacial score (nSPS) is 18.2. The van der Waals surface area contributed by atoms with Gasteiger partial charge >= 0.3 is 5.69 Å². The minimum atomic E-state index is -1.62. The van der Waals surface area contributed by atoms with Crippen molar-refractivity contribution in [2.24, 2.45) is 5.92 Å².